The zero-order valence-corrected chi connectivity index (χ0v) is 12.7. The maximum Gasteiger partial charge on any atom is 0.135 e. The van der Waals surface area contributed by atoms with Gasteiger partial charge in [-0.3, -0.25) is 4.90 Å². The van der Waals surface area contributed by atoms with Gasteiger partial charge >= 0.3 is 0 Å². The van der Waals surface area contributed by atoms with E-state index in [4.69, 9.17) is 22.7 Å². The van der Waals surface area contributed by atoms with Crippen molar-refractivity contribution in [3.05, 3.63) is 29.6 Å². The van der Waals surface area contributed by atoms with Gasteiger partial charge in [0.15, 0.2) is 0 Å². The van der Waals surface area contributed by atoms with Crippen molar-refractivity contribution in [2.75, 3.05) is 31.6 Å². The number of halogens is 1. The molecule has 0 aromatic heterocycles. The van der Waals surface area contributed by atoms with E-state index >= 15 is 0 Å². The molecule has 21 heavy (non-hydrogen) atoms. The normalized spacial score (nSPS) is 25.6. The first kappa shape index (κ1) is 14.7. The number of hydrogen-bond acceptors (Lipinski definition) is 4. The number of fused-ring (bicyclic) bond motifs is 1. The number of nitrogens with two attached hydrogens (primary N) is 1. The molecule has 3 rings (SSSR count). The molecule has 2 heterocycles. The lowest BCUT2D eigenvalue weighted by Crippen LogP contribution is -2.48. The van der Waals surface area contributed by atoms with Crippen molar-refractivity contribution in [1.82, 2.24) is 4.90 Å². The monoisotopic (exact) mass is 309 g/mol. The van der Waals surface area contributed by atoms with Crippen molar-refractivity contribution >= 4 is 22.9 Å². The van der Waals surface area contributed by atoms with Gasteiger partial charge in [0.25, 0.3) is 0 Å². The Morgan fingerprint density at radius 2 is 2.38 bits per heavy atom. The zero-order valence-electron chi connectivity index (χ0n) is 11.8. The minimum atomic E-state index is -0.392. The molecule has 6 heteroatoms. The Morgan fingerprint density at radius 3 is 3.14 bits per heavy atom. The second-order valence-electron chi connectivity index (χ2n) is 5.69. The number of anilines is 1. The summed E-state index contributed by atoms with van der Waals surface area (Å²) in [6, 6.07) is 5.43. The number of nitrogens with one attached hydrogen (secondary N) is 1. The molecule has 0 saturated carbocycles. The van der Waals surface area contributed by atoms with Crippen LogP contribution in [0.4, 0.5) is 10.1 Å². The molecule has 2 aliphatic heterocycles. The van der Waals surface area contributed by atoms with E-state index in [9.17, 15) is 4.39 Å². The molecule has 4 nitrogen and oxygen atoms in total. The Morgan fingerprint density at radius 1 is 1.52 bits per heavy atom. The summed E-state index contributed by atoms with van der Waals surface area (Å²) in [5.41, 5.74) is 6.45. The van der Waals surface area contributed by atoms with Crippen molar-refractivity contribution in [3.8, 4) is 0 Å². The van der Waals surface area contributed by atoms with Crippen molar-refractivity contribution in [1.29, 1.82) is 0 Å². The van der Waals surface area contributed by atoms with Crippen LogP contribution in [0, 0.1) is 5.82 Å². The van der Waals surface area contributed by atoms with Crippen LogP contribution in [0.2, 0.25) is 0 Å². The Labute approximate surface area is 129 Å². The molecule has 2 unspecified atom stereocenters. The highest BCUT2D eigenvalue weighted by Gasteiger charge is 2.31. The van der Waals surface area contributed by atoms with Crippen LogP contribution in [0.5, 0.6) is 0 Å². The fraction of sp³-hybridized carbons (Fsp3) is 0.533. The third kappa shape index (κ3) is 3.33. The van der Waals surface area contributed by atoms with E-state index < -0.39 is 5.82 Å². The first-order valence-corrected chi connectivity index (χ1v) is 7.73. The second kappa shape index (κ2) is 6.25. The summed E-state index contributed by atoms with van der Waals surface area (Å²) in [5, 5.41) is 3.23. The van der Waals surface area contributed by atoms with E-state index in [0.29, 0.717) is 12.6 Å². The average molecular weight is 309 g/mol. The molecule has 2 fully saturated rings. The fourth-order valence-corrected chi connectivity index (χ4v) is 3.23. The third-order valence-electron chi connectivity index (χ3n) is 4.23. The van der Waals surface area contributed by atoms with Gasteiger partial charge in [0, 0.05) is 30.4 Å². The molecule has 1 aromatic carbocycles. The molecule has 2 aliphatic rings. The number of rotatable bonds is 4. The largest absolute Gasteiger partial charge is 0.389 e. The highest BCUT2D eigenvalue weighted by molar-refractivity contribution is 7.80. The highest BCUT2D eigenvalue weighted by atomic mass is 32.1. The molecule has 2 saturated heterocycles. The van der Waals surface area contributed by atoms with E-state index in [-0.39, 0.29) is 16.7 Å². The van der Waals surface area contributed by atoms with E-state index in [2.05, 4.69) is 10.2 Å². The van der Waals surface area contributed by atoms with E-state index in [0.717, 1.165) is 18.8 Å². The molecule has 0 aliphatic carbocycles. The van der Waals surface area contributed by atoms with Crippen molar-refractivity contribution in [2.45, 2.75) is 25.0 Å². The van der Waals surface area contributed by atoms with Crippen molar-refractivity contribution in [3.63, 3.8) is 0 Å². The van der Waals surface area contributed by atoms with Gasteiger partial charge < -0.3 is 15.8 Å². The van der Waals surface area contributed by atoms with Gasteiger partial charge in [0.1, 0.15) is 10.8 Å². The van der Waals surface area contributed by atoms with Gasteiger partial charge in [0.2, 0.25) is 0 Å². The van der Waals surface area contributed by atoms with Gasteiger partial charge in [-0.2, -0.15) is 0 Å². The number of benzene rings is 1. The van der Waals surface area contributed by atoms with Crippen LogP contribution in [0.25, 0.3) is 0 Å². The van der Waals surface area contributed by atoms with Crippen LogP contribution in [-0.2, 0) is 4.74 Å². The lowest BCUT2D eigenvalue weighted by atomic mass is 10.1. The standard InChI is InChI=1S/C15H20FN3OS/c16-14-6-10(3-4-13(14)15(17)21)18-7-12-8-19-5-1-2-11(19)9-20-12/h3-4,6,11-12,18H,1-2,5,7-9H2,(H2,17,21). The topological polar surface area (TPSA) is 50.5 Å². The molecule has 0 spiro atoms. The van der Waals surface area contributed by atoms with Crippen LogP contribution in [-0.4, -0.2) is 48.3 Å². The van der Waals surface area contributed by atoms with Gasteiger partial charge in [-0.1, -0.05) is 12.2 Å². The summed E-state index contributed by atoms with van der Waals surface area (Å²) in [5.74, 6) is -0.392. The molecule has 3 N–H and O–H groups in total. The van der Waals surface area contributed by atoms with Crippen LogP contribution in [0.1, 0.15) is 18.4 Å². The Hall–Kier alpha value is -1.24. The zero-order chi connectivity index (χ0) is 14.8. The summed E-state index contributed by atoms with van der Waals surface area (Å²) in [4.78, 5) is 2.57. The Kier molecular flexibility index (Phi) is 4.37. The lowest BCUT2D eigenvalue weighted by molar-refractivity contribution is -0.0415. The maximum absolute atomic E-state index is 13.8. The summed E-state index contributed by atoms with van der Waals surface area (Å²) in [6.07, 6.45) is 2.66. The van der Waals surface area contributed by atoms with Crippen LogP contribution < -0.4 is 11.1 Å². The fourth-order valence-electron chi connectivity index (χ4n) is 3.07. The third-order valence-corrected chi connectivity index (χ3v) is 4.45. The van der Waals surface area contributed by atoms with E-state index in [1.54, 1.807) is 12.1 Å². The SMILES string of the molecule is NC(=S)c1ccc(NCC2CN3CCCC3CO2)cc1F. The first-order valence-electron chi connectivity index (χ1n) is 7.32. The smallest absolute Gasteiger partial charge is 0.135 e. The Balaban J connectivity index is 1.55. The molecule has 114 valence electrons. The number of ether oxygens (including phenoxy) is 1. The quantitative estimate of drug-likeness (QED) is 0.830. The summed E-state index contributed by atoms with van der Waals surface area (Å²) >= 11 is 4.79. The summed E-state index contributed by atoms with van der Waals surface area (Å²) in [7, 11) is 0. The summed E-state index contributed by atoms with van der Waals surface area (Å²) in [6.45, 7) is 3.60. The minimum Gasteiger partial charge on any atom is -0.389 e. The minimum absolute atomic E-state index is 0.0785. The molecular weight excluding hydrogens is 289 g/mol. The van der Waals surface area contributed by atoms with Gasteiger partial charge in [0.05, 0.1) is 12.7 Å². The molecule has 0 amide bonds. The molecule has 0 bridgehead atoms. The van der Waals surface area contributed by atoms with Crippen LogP contribution in [0.15, 0.2) is 18.2 Å². The first-order chi connectivity index (χ1) is 10.1. The highest BCUT2D eigenvalue weighted by Crippen LogP contribution is 2.23. The molecule has 0 radical (unpaired) electrons. The molecule has 1 aromatic rings. The van der Waals surface area contributed by atoms with E-state index in [1.165, 1.54) is 25.5 Å². The Bertz CT molecular complexity index is 540. The number of thiocarbonyl (C=S) groups is 1. The predicted octanol–water partition coefficient (Wildman–Crippen LogP) is 1.73. The van der Waals surface area contributed by atoms with Crippen molar-refractivity contribution < 1.29 is 9.13 Å². The maximum atomic E-state index is 13.8. The average Bonchev–Trinajstić information content (AvgIpc) is 2.92. The van der Waals surface area contributed by atoms with Gasteiger partial charge in [-0.05, 0) is 37.6 Å². The van der Waals surface area contributed by atoms with Crippen molar-refractivity contribution in [2.24, 2.45) is 5.73 Å². The second-order valence-corrected chi connectivity index (χ2v) is 6.13. The molecular formula is C15H20FN3OS. The lowest BCUT2D eigenvalue weighted by Gasteiger charge is -2.35. The van der Waals surface area contributed by atoms with Crippen LogP contribution >= 0.6 is 12.2 Å². The molecule has 2 atom stereocenters. The number of hydrogen-bond donors (Lipinski definition) is 2. The number of morpholine rings is 1. The van der Waals surface area contributed by atoms with E-state index in [1.807, 2.05) is 0 Å². The predicted molar refractivity (Wildman–Crippen MR) is 85.1 cm³/mol. The van der Waals surface area contributed by atoms with Crippen LogP contribution in [0.3, 0.4) is 0 Å². The van der Waals surface area contributed by atoms with Gasteiger partial charge in [-0.15, -0.1) is 0 Å². The summed E-state index contributed by atoms with van der Waals surface area (Å²) < 4.78 is 19.7. The van der Waals surface area contributed by atoms with Gasteiger partial charge in [-0.25, -0.2) is 4.39 Å². The number of nitrogens with zero attached hydrogens (tertiary/aromatic N) is 1.